The lowest BCUT2D eigenvalue weighted by Gasteiger charge is -2.28. The van der Waals surface area contributed by atoms with Crippen molar-refractivity contribution in [2.24, 2.45) is 11.8 Å². The number of nitrogens with two attached hydrogens (primary N) is 1. The van der Waals surface area contributed by atoms with Crippen molar-refractivity contribution < 1.29 is 4.79 Å². The normalized spacial score (nSPS) is 19.0. The van der Waals surface area contributed by atoms with Gasteiger partial charge in [-0.15, -0.1) is 0 Å². The number of halogens is 1. The van der Waals surface area contributed by atoms with Crippen molar-refractivity contribution in [3.05, 3.63) is 22.3 Å². The van der Waals surface area contributed by atoms with Crippen LogP contribution >= 0.6 is 15.9 Å². The number of hydrazine groups is 1. The molecule has 0 radical (unpaired) electrons. The first-order chi connectivity index (χ1) is 9.04. The molecule has 3 N–H and O–H groups in total. The van der Waals surface area contributed by atoms with Crippen LogP contribution in [0.25, 0.3) is 0 Å². The Morgan fingerprint density at radius 2 is 2.37 bits per heavy atom. The summed E-state index contributed by atoms with van der Waals surface area (Å²) in [5.41, 5.74) is 3.01. The molecule has 1 aliphatic heterocycles. The molecule has 1 amide bonds. The molecule has 2 heterocycles. The molecule has 1 fully saturated rings. The Hall–Kier alpha value is -1.14. The Labute approximate surface area is 121 Å². The fourth-order valence-electron chi connectivity index (χ4n) is 2.61. The van der Waals surface area contributed by atoms with E-state index in [0.29, 0.717) is 23.3 Å². The van der Waals surface area contributed by atoms with Gasteiger partial charge >= 0.3 is 0 Å². The van der Waals surface area contributed by atoms with E-state index in [1.54, 1.807) is 12.3 Å². The molecular weight excluding hydrogens is 308 g/mol. The number of hydrogen-bond acceptors (Lipinski definition) is 4. The van der Waals surface area contributed by atoms with Crippen molar-refractivity contribution in [3.63, 3.8) is 0 Å². The number of likely N-dealkylation sites (tertiary alicyclic amines) is 1. The molecule has 1 saturated heterocycles. The first kappa shape index (κ1) is 14.3. The Balaban J connectivity index is 2.31. The number of carbonyl (C=O) groups excluding carboxylic acids is 1. The van der Waals surface area contributed by atoms with E-state index in [1.165, 1.54) is 0 Å². The van der Waals surface area contributed by atoms with Crippen molar-refractivity contribution in [3.8, 4) is 0 Å². The number of nitrogens with zero attached hydrogens (tertiary/aromatic N) is 2. The number of carbonyl (C=O) groups is 1. The monoisotopic (exact) mass is 326 g/mol. The number of nitrogen functional groups attached to an aromatic ring is 1. The van der Waals surface area contributed by atoms with Gasteiger partial charge in [-0.3, -0.25) is 4.79 Å². The predicted molar refractivity (Wildman–Crippen MR) is 78.6 cm³/mol. The highest BCUT2D eigenvalue weighted by atomic mass is 79.9. The lowest BCUT2D eigenvalue weighted by Crippen LogP contribution is -2.39. The van der Waals surface area contributed by atoms with Gasteiger partial charge in [0, 0.05) is 23.3 Å². The molecule has 1 atom stereocenters. The van der Waals surface area contributed by atoms with Crippen LogP contribution < -0.4 is 11.3 Å². The number of amides is 1. The summed E-state index contributed by atoms with van der Waals surface area (Å²) >= 11 is 3.34. The second-order valence-corrected chi connectivity index (χ2v) is 6.06. The molecule has 0 aliphatic carbocycles. The predicted octanol–water partition coefficient (Wildman–Crippen LogP) is 2.39. The summed E-state index contributed by atoms with van der Waals surface area (Å²) in [5.74, 6) is 6.31. The van der Waals surface area contributed by atoms with Crippen molar-refractivity contribution in [1.29, 1.82) is 0 Å². The second-order valence-electron chi connectivity index (χ2n) is 5.15. The molecule has 1 aliphatic rings. The van der Waals surface area contributed by atoms with E-state index in [-0.39, 0.29) is 5.91 Å². The van der Waals surface area contributed by atoms with Gasteiger partial charge < -0.3 is 10.3 Å². The average Bonchev–Trinajstić information content (AvgIpc) is 2.87. The average molecular weight is 327 g/mol. The van der Waals surface area contributed by atoms with Gasteiger partial charge in [0.1, 0.15) is 0 Å². The molecule has 1 aromatic rings. The van der Waals surface area contributed by atoms with Gasteiger partial charge in [-0.2, -0.15) is 0 Å². The maximum absolute atomic E-state index is 12.7. The Bertz CT molecular complexity index is 478. The molecule has 19 heavy (non-hydrogen) atoms. The van der Waals surface area contributed by atoms with Crippen molar-refractivity contribution in [2.45, 2.75) is 32.7 Å². The van der Waals surface area contributed by atoms with E-state index in [2.05, 4.69) is 40.2 Å². The van der Waals surface area contributed by atoms with Crippen LogP contribution in [0.3, 0.4) is 0 Å². The lowest BCUT2D eigenvalue weighted by atomic mass is 10.0. The lowest BCUT2D eigenvalue weighted by molar-refractivity contribution is 0.0702. The van der Waals surface area contributed by atoms with Crippen LogP contribution in [-0.2, 0) is 0 Å². The number of hydrogen-bond donors (Lipinski definition) is 2. The van der Waals surface area contributed by atoms with E-state index in [0.717, 1.165) is 23.9 Å². The highest BCUT2D eigenvalue weighted by molar-refractivity contribution is 9.10. The highest BCUT2D eigenvalue weighted by Crippen LogP contribution is 2.27. The molecule has 104 valence electrons. The largest absolute Gasteiger partial charge is 0.335 e. The molecule has 5 nitrogen and oxygen atoms in total. The molecule has 1 unspecified atom stereocenters. The van der Waals surface area contributed by atoms with Crippen molar-refractivity contribution in [2.75, 3.05) is 12.0 Å². The SMILES string of the molecule is CC(C)C1CCCN1C(=O)c1cc(Br)cnc1NN. The van der Waals surface area contributed by atoms with E-state index in [4.69, 9.17) is 5.84 Å². The van der Waals surface area contributed by atoms with Crippen LogP contribution in [0.15, 0.2) is 16.7 Å². The highest BCUT2D eigenvalue weighted by Gasteiger charge is 2.32. The smallest absolute Gasteiger partial charge is 0.257 e. The summed E-state index contributed by atoms with van der Waals surface area (Å²) in [6.45, 7) is 5.10. The molecule has 0 saturated carbocycles. The van der Waals surface area contributed by atoms with Gasteiger partial charge in [-0.05, 0) is 40.8 Å². The van der Waals surface area contributed by atoms with E-state index >= 15 is 0 Å². The van der Waals surface area contributed by atoms with E-state index in [1.807, 2.05) is 4.90 Å². The van der Waals surface area contributed by atoms with E-state index < -0.39 is 0 Å². The Kier molecular flexibility index (Phi) is 4.42. The zero-order valence-electron chi connectivity index (χ0n) is 11.2. The van der Waals surface area contributed by atoms with Gasteiger partial charge in [-0.25, -0.2) is 10.8 Å². The zero-order chi connectivity index (χ0) is 14.0. The van der Waals surface area contributed by atoms with Gasteiger partial charge in [0.2, 0.25) is 0 Å². The zero-order valence-corrected chi connectivity index (χ0v) is 12.8. The van der Waals surface area contributed by atoms with E-state index in [9.17, 15) is 4.79 Å². The van der Waals surface area contributed by atoms with Gasteiger partial charge in [0.15, 0.2) is 5.82 Å². The summed E-state index contributed by atoms with van der Waals surface area (Å²) in [6, 6.07) is 2.07. The van der Waals surface area contributed by atoms with Crippen molar-refractivity contribution >= 4 is 27.7 Å². The summed E-state index contributed by atoms with van der Waals surface area (Å²) in [6.07, 6.45) is 3.74. The van der Waals surface area contributed by atoms with Crippen LogP contribution in [0.1, 0.15) is 37.0 Å². The third kappa shape index (κ3) is 2.90. The first-order valence-electron chi connectivity index (χ1n) is 6.47. The van der Waals surface area contributed by atoms with Crippen LogP contribution in [-0.4, -0.2) is 28.4 Å². The van der Waals surface area contributed by atoms with Crippen molar-refractivity contribution in [1.82, 2.24) is 9.88 Å². The topological polar surface area (TPSA) is 71.2 Å². The van der Waals surface area contributed by atoms with Gasteiger partial charge in [0.25, 0.3) is 5.91 Å². The first-order valence-corrected chi connectivity index (χ1v) is 7.27. The number of rotatable bonds is 3. The van der Waals surface area contributed by atoms with Crippen LogP contribution in [0.2, 0.25) is 0 Å². The summed E-state index contributed by atoms with van der Waals surface area (Å²) < 4.78 is 0.773. The van der Waals surface area contributed by atoms with Crippen LogP contribution in [0.5, 0.6) is 0 Å². The second kappa shape index (κ2) is 5.88. The number of nitrogens with one attached hydrogen (secondary N) is 1. The maximum Gasteiger partial charge on any atom is 0.257 e. The van der Waals surface area contributed by atoms with Gasteiger partial charge in [0.05, 0.1) is 5.56 Å². The molecule has 0 spiro atoms. The molecule has 6 heteroatoms. The third-order valence-electron chi connectivity index (χ3n) is 3.55. The standard InChI is InChI=1S/C13H19BrN4O/c1-8(2)11-4-3-5-18(11)13(19)10-6-9(14)7-16-12(10)17-15/h6-8,11H,3-5,15H2,1-2H3,(H,16,17). The van der Waals surface area contributed by atoms with Crippen LogP contribution in [0, 0.1) is 5.92 Å². The number of anilines is 1. The number of aromatic nitrogens is 1. The molecule has 0 bridgehead atoms. The fourth-order valence-corrected chi connectivity index (χ4v) is 2.94. The minimum atomic E-state index is -0.00190. The Morgan fingerprint density at radius 3 is 3.00 bits per heavy atom. The quantitative estimate of drug-likeness (QED) is 0.661. The molecular formula is C13H19BrN4O. The summed E-state index contributed by atoms with van der Waals surface area (Å²) in [5, 5.41) is 0. The number of pyridine rings is 1. The van der Waals surface area contributed by atoms with Gasteiger partial charge in [-0.1, -0.05) is 13.8 Å². The fraction of sp³-hybridized carbons (Fsp3) is 0.538. The third-order valence-corrected chi connectivity index (χ3v) is 3.98. The minimum absolute atomic E-state index is 0.00190. The summed E-state index contributed by atoms with van der Waals surface area (Å²) in [4.78, 5) is 18.7. The summed E-state index contributed by atoms with van der Waals surface area (Å²) in [7, 11) is 0. The van der Waals surface area contributed by atoms with Crippen LogP contribution in [0.4, 0.5) is 5.82 Å². The molecule has 1 aromatic heterocycles. The molecule has 0 aromatic carbocycles. The minimum Gasteiger partial charge on any atom is -0.335 e. The molecule has 2 rings (SSSR count). The maximum atomic E-state index is 12.7. The Morgan fingerprint density at radius 1 is 1.63 bits per heavy atom.